The third-order valence-corrected chi connectivity index (χ3v) is 7.01. The molecule has 1 unspecified atom stereocenters. The molecule has 0 aliphatic heterocycles. The molecule has 0 bridgehead atoms. The zero-order chi connectivity index (χ0) is 14.0. The zero-order valence-electron chi connectivity index (χ0n) is 10.0. The standard InChI is InChI=1S/C13H11Br3ClNS/c1-18-11(12-6-9(15)13(16)19-12)4-7-2-3-8(14)5-10(7)17/h2-3,5-6,11,18H,4H2,1H3. The Kier molecular flexibility index (Phi) is 5.93. The lowest BCUT2D eigenvalue weighted by Gasteiger charge is -2.15. The summed E-state index contributed by atoms with van der Waals surface area (Å²) in [5, 5.41) is 4.14. The van der Waals surface area contributed by atoms with Crippen molar-refractivity contribution >= 4 is 70.7 Å². The van der Waals surface area contributed by atoms with Gasteiger partial charge in [-0.25, -0.2) is 0 Å². The first-order chi connectivity index (χ1) is 9.01. The van der Waals surface area contributed by atoms with E-state index in [1.807, 2.05) is 19.2 Å². The Balaban J connectivity index is 2.23. The molecule has 1 aromatic heterocycles. The van der Waals surface area contributed by atoms with Crippen LogP contribution in [0.2, 0.25) is 5.02 Å². The average Bonchev–Trinajstić information content (AvgIpc) is 2.68. The van der Waals surface area contributed by atoms with E-state index in [1.54, 1.807) is 11.3 Å². The van der Waals surface area contributed by atoms with Crippen molar-refractivity contribution in [2.75, 3.05) is 7.05 Å². The lowest BCUT2D eigenvalue weighted by Crippen LogP contribution is -2.17. The van der Waals surface area contributed by atoms with Crippen LogP contribution in [0.1, 0.15) is 16.5 Å². The second-order valence-corrected chi connectivity index (χ2v) is 8.63. The van der Waals surface area contributed by atoms with Gasteiger partial charge in [0.2, 0.25) is 0 Å². The van der Waals surface area contributed by atoms with Gasteiger partial charge in [0.25, 0.3) is 0 Å². The fourth-order valence-electron chi connectivity index (χ4n) is 1.79. The molecule has 0 radical (unpaired) electrons. The van der Waals surface area contributed by atoms with Crippen molar-refractivity contribution in [3.05, 3.63) is 52.5 Å². The third-order valence-electron chi connectivity index (χ3n) is 2.80. The Morgan fingerprint density at radius 1 is 1.26 bits per heavy atom. The maximum absolute atomic E-state index is 6.28. The van der Waals surface area contributed by atoms with Crippen LogP contribution in [0.15, 0.2) is 37.0 Å². The number of rotatable bonds is 4. The summed E-state index contributed by atoms with van der Waals surface area (Å²) in [4.78, 5) is 1.28. The first-order valence-electron chi connectivity index (χ1n) is 5.57. The molecular formula is C13H11Br3ClNS. The Morgan fingerprint density at radius 2 is 2.00 bits per heavy atom. The second-order valence-electron chi connectivity index (χ2n) is 4.05. The van der Waals surface area contributed by atoms with Gasteiger partial charge in [-0.2, -0.15) is 0 Å². The summed E-state index contributed by atoms with van der Waals surface area (Å²) in [6.07, 6.45) is 0.863. The van der Waals surface area contributed by atoms with Crippen LogP contribution < -0.4 is 5.32 Å². The largest absolute Gasteiger partial charge is 0.312 e. The molecule has 1 N–H and O–H groups in total. The highest BCUT2D eigenvalue weighted by molar-refractivity contribution is 9.13. The molecule has 0 spiro atoms. The molecule has 19 heavy (non-hydrogen) atoms. The van der Waals surface area contributed by atoms with E-state index in [9.17, 15) is 0 Å². The Bertz CT molecular complexity index is 566. The molecule has 0 fully saturated rings. The second kappa shape index (κ2) is 7.05. The number of nitrogens with one attached hydrogen (secondary N) is 1. The fourth-order valence-corrected chi connectivity index (χ4v) is 4.74. The fraction of sp³-hybridized carbons (Fsp3) is 0.231. The van der Waals surface area contributed by atoms with E-state index in [0.717, 1.165) is 29.7 Å². The van der Waals surface area contributed by atoms with Gasteiger partial charge in [0.1, 0.15) is 0 Å². The van der Waals surface area contributed by atoms with Crippen LogP contribution in [-0.4, -0.2) is 7.05 Å². The number of benzene rings is 1. The number of thiophene rings is 1. The molecule has 1 heterocycles. The highest BCUT2D eigenvalue weighted by atomic mass is 79.9. The topological polar surface area (TPSA) is 12.0 Å². The van der Waals surface area contributed by atoms with Crippen LogP contribution in [-0.2, 0) is 6.42 Å². The predicted molar refractivity (Wildman–Crippen MR) is 94.4 cm³/mol. The molecule has 0 saturated heterocycles. The summed E-state index contributed by atoms with van der Waals surface area (Å²) in [6, 6.07) is 8.42. The Morgan fingerprint density at radius 3 is 2.53 bits per heavy atom. The van der Waals surface area contributed by atoms with Crippen molar-refractivity contribution in [2.45, 2.75) is 12.5 Å². The first kappa shape index (κ1) is 16.0. The van der Waals surface area contributed by atoms with E-state index in [4.69, 9.17) is 11.6 Å². The van der Waals surface area contributed by atoms with E-state index in [1.165, 1.54) is 4.88 Å². The molecule has 0 amide bonds. The van der Waals surface area contributed by atoms with Gasteiger partial charge >= 0.3 is 0 Å². The smallest absolute Gasteiger partial charge is 0.0843 e. The maximum Gasteiger partial charge on any atom is 0.0843 e. The van der Waals surface area contributed by atoms with Gasteiger partial charge in [-0.3, -0.25) is 0 Å². The summed E-state index contributed by atoms with van der Waals surface area (Å²) in [5.41, 5.74) is 1.14. The summed E-state index contributed by atoms with van der Waals surface area (Å²) < 4.78 is 3.21. The van der Waals surface area contributed by atoms with Gasteiger partial charge in [0.15, 0.2) is 0 Å². The summed E-state index contributed by atoms with van der Waals surface area (Å²) in [5.74, 6) is 0. The highest BCUT2D eigenvalue weighted by Gasteiger charge is 2.16. The van der Waals surface area contributed by atoms with Crippen LogP contribution in [0.4, 0.5) is 0 Å². The molecule has 6 heteroatoms. The number of hydrogen-bond acceptors (Lipinski definition) is 2. The summed E-state index contributed by atoms with van der Waals surface area (Å²) in [7, 11) is 1.97. The van der Waals surface area contributed by atoms with E-state index < -0.39 is 0 Å². The number of hydrogen-bond donors (Lipinski definition) is 1. The summed E-state index contributed by atoms with van der Waals surface area (Å²) in [6.45, 7) is 0. The van der Waals surface area contributed by atoms with Crippen molar-refractivity contribution in [3.63, 3.8) is 0 Å². The third kappa shape index (κ3) is 4.05. The van der Waals surface area contributed by atoms with Gasteiger partial charge in [-0.15, -0.1) is 11.3 Å². The van der Waals surface area contributed by atoms with E-state index in [-0.39, 0.29) is 6.04 Å². The minimum atomic E-state index is 0.256. The Labute approximate surface area is 147 Å². The minimum absolute atomic E-state index is 0.256. The normalized spacial score (nSPS) is 12.7. The molecule has 0 saturated carbocycles. The molecule has 0 aliphatic rings. The lowest BCUT2D eigenvalue weighted by atomic mass is 10.0. The molecule has 2 rings (SSSR count). The predicted octanol–water partition coefficient (Wildman–Crippen LogP) is 6.19. The van der Waals surface area contributed by atoms with Gasteiger partial charge in [0.05, 0.1) is 3.79 Å². The molecule has 1 aromatic carbocycles. The number of likely N-dealkylation sites (N-methyl/N-ethyl adjacent to an activating group) is 1. The van der Waals surface area contributed by atoms with Gasteiger partial charge in [0, 0.05) is 24.9 Å². The van der Waals surface area contributed by atoms with Crippen molar-refractivity contribution in [1.82, 2.24) is 5.32 Å². The molecule has 1 nitrogen and oxygen atoms in total. The van der Waals surface area contributed by atoms with E-state index in [0.29, 0.717) is 0 Å². The van der Waals surface area contributed by atoms with Crippen LogP contribution in [0.5, 0.6) is 0 Å². The molecule has 1 atom stereocenters. The monoisotopic (exact) mass is 485 g/mol. The summed E-state index contributed by atoms with van der Waals surface area (Å²) >= 11 is 18.5. The van der Waals surface area contributed by atoms with Crippen molar-refractivity contribution in [2.24, 2.45) is 0 Å². The van der Waals surface area contributed by atoms with Crippen molar-refractivity contribution < 1.29 is 0 Å². The minimum Gasteiger partial charge on any atom is -0.312 e. The van der Waals surface area contributed by atoms with Crippen molar-refractivity contribution in [3.8, 4) is 0 Å². The van der Waals surface area contributed by atoms with Crippen LogP contribution in [0.3, 0.4) is 0 Å². The van der Waals surface area contributed by atoms with Crippen molar-refractivity contribution in [1.29, 1.82) is 0 Å². The average molecular weight is 488 g/mol. The van der Waals surface area contributed by atoms with Crippen LogP contribution >= 0.6 is 70.7 Å². The number of halogens is 4. The van der Waals surface area contributed by atoms with E-state index in [2.05, 4.69) is 65.2 Å². The molecule has 0 aliphatic carbocycles. The molecule has 102 valence electrons. The first-order valence-corrected chi connectivity index (χ1v) is 9.14. The SMILES string of the molecule is CNC(Cc1ccc(Br)cc1Cl)c1cc(Br)c(Br)s1. The van der Waals surface area contributed by atoms with Gasteiger partial charge in [-0.1, -0.05) is 33.6 Å². The van der Waals surface area contributed by atoms with Crippen LogP contribution in [0, 0.1) is 0 Å². The maximum atomic E-state index is 6.28. The molecular weight excluding hydrogens is 477 g/mol. The lowest BCUT2D eigenvalue weighted by molar-refractivity contribution is 0.602. The van der Waals surface area contributed by atoms with E-state index >= 15 is 0 Å². The van der Waals surface area contributed by atoms with Crippen LogP contribution in [0.25, 0.3) is 0 Å². The zero-order valence-corrected chi connectivity index (χ0v) is 16.3. The molecule has 2 aromatic rings. The quantitative estimate of drug-likeness (QED) is 0.541. The highest BCUT2D eigenvalue weighted by Crippen LogP contribution is 2.37. The van der Waals surface area contributed by atoms with Gasteiger partial charge < -0.3 is 5.32 Å². The Hall–Kier alpha value is 0.610. The van der Waals surface area contributed by atoms with Gasteiger partial charge in [-0.05, 0) is 69.1 Å².